The number of hydrogen-bond acceptors (Lipinski definition) is 3. The van der Waals surface area contributed by atoms with Gasteiger partial charge in [0, 0.05) is 28.7 Å². The second-order valence-electron chi connectivity index (χ2n) is 7.31. The van der Waals surface area contributed by atoms with Gasteiger partial charge in [0.2, 0.25) is 0 Å². The maximum absolute atomic E-state index is 13.0. The molecule has 0 atom stereocenters. The molecule has 4 nitrogen and oxygen atoms in total. The van der Waals surface area contributed by atoms with Crippen LogP contribution in [-0.2, 0) is 6.54 Å². The largest absolute Gasteiger partial charge is 0.359 e. The van der Waals surface area contributed by atoms with Crippen LogP contribution in [0, 0.1) is 23.6 Å². The fourth-order valence-corrected chi connectivity index (χ4v) is 3.66. The Labute approximate surface area is 179 Å². The molecule has 0 bridgehead atoms. The van der Waals surface area contributed by atoms with Crippen LogP contribution in [0.2, 0.25) is 5.02 Å². The zero-order valence-electron chi connectivity index (χ0n) is 16.3. The molecule has 0 unspecified atom stereocenters. The number of nitrogens with one attached hydrogen (secondary N) is 1. The van der Waals surface area contributed by atoms with Gasteiger partial charge >= 0.3 is 0 Å². The minimum absolute atomic E-state index is 0.174. The molecule has 0 saturated heterocycles. The molecule has 1 aliphatic rings. The lowest BCUT2D eigenvalue weighted by Gasteiger charge is -2.05. The highest BCUT2D eigenvalue weighted by Crippen LogP contribution is 2.24. The summed E-state index contributed by atoms with van der Waals surface area (Å²) in [7, 11) is 0. The second-order valence-corrected chi connectivity index (χ2v) is 7.72. The van der Waals surface area contributed by atoms with Crippen molar-refractivity contribution in [2.75, 3.05) is 0 Å². The standard InChI is InChI=1S/C24H20ClFN2O2/c25-22-13-19(8-7-17(22)6-5-16-3-1-2-4-16)24(29)27-15-21-14-23(28-30-21)18-9-11-20(26)12-10-18/h7-14,16H,1-4,15H2,(H,27,29). The van der Waals surface area contributed by atoms with Crippen molar-refractivity contribution < 1.29 is 13.7 Å². The first kappa shape index (κ1) is 20.2. The van der Waals surface area contributed by atoms with Gasteiger partial charge in [-0.3, -0.25) is 4.79 Å². The number of nitrogens with zero attached hydrogens (tertiary/aromatic N) is 1. The molecular weight excluding hydrogens is 403 g/mol. The number of hydrogen-bond donors (Lipinski definition) is 1. The molecule has 1 N–H and O–H groups in total. The van der Waals surface area contributed by atoms with E-state index in [1.54, 1.807) is 36.4 Å². The van der Waals surface area contributed by atoms with E-state index in [0.717, 1.165) is 24.0 Å². The van der Waals surface area contributed by atoms with Crippen molar-refractivity contribution in [1.82, 2.24) is 10.5 Å². The van der Waals surface area contributed by atoms with Gasteiger partial charge in [-0.2, -0.15) is 0 Å². The minimum Gasteiger partial charge on any atom is -0.359 e. The summed E-state index contributed by atoms with van der Waals surface area (Å²) < 4.78 is 18.3. The number of carbonyl (C=O) groups is 1. The Morgan fingerprint density at radius 1 is 1.17 bits per heavy atom. The predicted molar refractivity (Wildman–Crippen MR) is 113 cm³/mol. The Morgan fingerprint density at radius 3 is 2.67 bits per heavy atom. The third-order valence-electron chi connectivity index (χ3n) is 5.12. The van der Waals surface area contributed by atoms with Gasteiger partial charge in [-0.1, -0.05) is 41.4 Å². The predicted octanol–water partition coefficient (Wildman–Crippen LogP) is 5.61. The van der Waals surface area contributed by atoms with E-state index in [1.165, 1.54) is 25.0 Å². The molecular formula is C24H20ClFN2O2. The van der Waals surface area contributed by atoms with Crippen molar-refractivity contribution in [3.05, 3.63) is 76.3 Å². The van der Waals surface area contributed by atoms with Crippen molar-refractivity contribution >= 4 is 17.5 Å². The Kier molecular flexibility index (Phi) is 6.15. The lowest BCUT2D eigenvalue weighted by Crippen LogP contribution is -2.22. The van der Waals surface area contributed by atoms with Crippen molar-refractivity contribution in [2.45, 2.75) is 32.2 Å². The van der Waals surface area contributed by atoms with E-state index in [1.807, 2.05) is 0 Å². The quantitative estimate of drug-likeness (QED) is 0.556. The van der Waals surface area contributed by atoms with E-state index in [9.17, 15) is 9.18 Å². The first-order chi connectivity index (χ1) is 14.6. The number of carbonyl (C=O) groups excluding carboxylic acids is 1. The maximum Gasteiger partial charge on any atom is 0.251 e. The highest BCUT2D eigenvalue weighted by atomic mass is 35.5. The highest BCUT2D eigenvalue weighted by Gasteiger charge is 2.13. The topological polar surface area (TPSA) is 55.1 Å². The van der Waals surface area contributed by atoms with E-state index in [-0.39, 0.29) is 18.3 Å². The Hall–Kier alpha value is -3.10. The van der Waals surface area contributed by atoms with Crippen LogP contribution in [0.1, 0.15) is 47.4 Å². The molecule has 1 fully saturated rings. The van der Waals surface area contributed by atoms with Crippen LogP contribution < -0.4 is 5.32 Å². The zero-order valence-corrected chi connectivity index (χ0v) is 17.0. The number of rotatable bonds is 4. The van der Waals surface area contributed by atoms with Crippen molar-refractivity contribution in [1.29, 1.82) is 0 Å². The van der Waals surface area contributed by atoms with Gasteiger partial charge in [0.15, 0.2) is 5.76 Å². The summed E-state index contributed by atoms with van der Waals surface area (Å²) in [6.45, 7) is 0.174. The first-order valence-corrected chi connectivity index (χ1v) is 10.3. The second kappa shape index (κ2) is 9.15. The van der Waals surface area contributed by atoms with E-state index < -0.39 is 0 Å². The third kappa shape index (κ3) is 4.90. The third-order valence-corrected chi connectivity index (χ3v) is 5.43. The Morgan fingerprint density at radius 2 is 1.93 bits per heavy atom. The summed E-state index contributed by atoms with van der Waals surface area (Å²) in [6.07, 6.45) is 4.77. The van der Waals surface area contributed by atoms with Crippen LogP contribution in [-0.4, -0.2) is 11.1 Å². The maximum atomic E-state index is 13.0. The van der Waals surface area contributed by atoms with Crippen LogP contribution in [0.5, 0.6) is 0 Å². The van der Waals surface area contributed by atoms with Gasteiger partial charge in [0.1, 0.15) is 11.5 Å². The molecule has 6 heteroatoms. The summed E-state index contributed by atoms with van der Waals surface area (Å²) >= 11 is 6.32. The van der Waals surface area contributed by atoms with Crippen LogP contribution in [0.3, 0.4) is 0 Å². The molecule has 1 aliphatic carbocycles. The number of halogens is 2. The fraction of sp³-hybridized carbons (Fsp3) is 0.250. The molecule has 30 heavy (non-hydrogen) atoms. The monoisotopic (exact) mass is 422 g/mol. The van der Waals surface area contributed by atoms with Gasteiger partial charge in [0.25, 0.3) is 5.91 Å². The Bertz CT molecular complexity index is 1110. The normalized spacial score (nSPS) is 13.7. The van der Waals surface area contributed by atoms with E-state index in [4.69, 9.17) is 16.1 Å². The van der Waals surface area contributed by atoms with E-state index >= 15 is 0 Å². The van der Waals surface area contributed by atoms with Crippen LogP contribution in [0.15, 0.2) is 53.1 Å². The van der Waals surface area contributed by atoms with E-state index in [2.05, 4.69) is 22.3 Å². The molecule has 1 amide bonds. The Balaban J connectivity index is 1.37. The molecule has 1 saturated carbocycles. The molecule has 4 rings (SSSR count). The van der Waals surface area contributed by atoms with Crippen molar-refractivity contribution in [3.63, 3.8) is 0 Å². The van der Waals surface area contributed by atoms with Gasteiger partial charge in [0.05, 0.1) is 11.6 Å². The number of benzene rings is 2. The number of amides is 1. The molecule has 3 aromatic rings. The molecule has 0 radical (unpaired) electrons. The molecule has 0 spiro atoms. The SMILES string of the molecule is O=C(NCc1cc(-c2ccc(F)cc2)no1)c1ccc(C#CC2CCCC2)c(Cl)c1. The van der Waals surface area contributed by atoms with Crippen molar-refractivity contribution in [3.8, 4) is 23.1 Å². The average molecular weight is 423 g/mol. The first-order valence-electron chi connectivity index (χ1n) is 9.89. The fourth-order valence-electron chi connectivity index (χ4n) is 3.43. The smallest absolute Gasteiger partial charge is 0.251 e. The summed E-state index contributed by atoms with van der Waals surface area (Å²) in [6, 6.07) is 12.8. The summed E-state index contributed by atoms with van der Waals surface area (Å²) in [4.78, 5) is 12.5. The van der Waals surface area contributed by atoms with Gasteiger partial charge < -0.3 is 9.84 Å². The van der Waals surface area contributed by atoms with Crippen LogP contribution in [0.4, 0.5) is 4.39 Å². The summed E-state index contributed by atoms with van der Waals surface area (Å²) in [5, 5.41) is 7.21. The highest BCUT2D eigenvalue weighted by molar-refractivity contribution is 6.32. The molecule has 1 aromatic heterocycles. The van der Waals surface area contributed by atoms with Gasteiger partial charge in [-0.25, -0.2) is 4.39 Å². The van der Waals surface area contributed by atoms with Crippen LogP contribution in [0.25, 0.3) is 11.3 Å². The van der Waals surface area contributed by atoms with Gasteiger partial charge in [-0.05, 0) is 55.3 Å². The lowest BCUT2D eigenvalue weighted by atomic mass is 10.1. The molecule has 152 valence electrons. The average Bonchev–Trinajstić information content (AvgIpc) is 3.44. The molecule has 1 heterocycles. The summed E-state index contributed by atoms with van der Waals surface area (Å²) in [5.74, 6) is 6.77. The minimum atomic E-state index is -0.316. The summed E-state index contributed by atoms with van der Waals surface area (Å²) in [5.41, 5.74) is 2.50. The molecule has 2 aromatic carbocycles. The van der Waals surface area contributed by atoms with Crippen LogP contribution >= 0.6 is 11.6 Å². The van der Waals surface area contributed by atoms with E-state index in [0.29, 0.717) is 28.0 Å². The lowest BCUT2D eigenvalue weighted by molar-refractivity contribution is 0.0947. The number of aromatic nitrogens is 1. The van der Waals surface area contributed by atoms with Crippen molar-refractivity contribution in [2.24, 2.45) is 5.92 Å². The molecule has 0 aliphatic heterocycles. The zero-order chi connectivity index (χ0) is 20.9. The van der Waals surface area contributed by atoms with Gasteiger partial charge in [-0.15, -0.1) is 0 Å².